The fraction of sp³-hybridized carbons (Fsp3) is 0.579. The van der Waals surface area contributed by atoms with Gasteiger partial charge >= 0.3 is 12.1 Å². The van der Waals surface area contributed by atoms with E-state index in [4.69, 9.17) is 21.1 Å². The number of carbonyl (C=O) groups excluding carboxylic acids is 2. The lowest BCUT2D eigenvalue weighted by Gasteiger charge is -2.38. The summed E-state index contributed by atoms with van der Waals surface area (Å²) in [7, 11) is 0. The Bertz CT molecular complexity index is 609. The molecule has 25 heavy (non-hydrogen) atoms. The summed E-state index contributed by atoms with van der Waals surface area (Å²) >= 11 is 5.96. The van der Waals surface area contributed by atoms with Crippen LogP contribution in [0, 0.1) is 5.92 Å². The molecule has 0 spiro atoms. The zero-order valence-corrected chi connectivity index (χ0v) is 16.0. The molecule has 1 aromatic carbocycles. The maximum atomic E-state index is 12.5. The van der Waals surface area contributed by atoms with Crippen molar-refractivity contribution in [1.82, 2.24) is 4.90 Å². The molecule has 138 valence electrons. The fourth-order valence-corrected chi connectivity index (χ4v) is 3.17. The third kappa shape index (κ3) is 5.36. The molecule has 2 rings (SSSR count). The molecular formula is C19H26ClNO4. The Hall–Kier alpha value is -1.75. The van der Waals surface area contributed by atoms with Crippen LogP contribution in [0.2, 0.25) is 5.02 Å². The van der Waals surface area contributed by atoms with Crippen LogP contribution in [0.3, 0.4) is 0 Å². The van der Waals surface area contributed by atoms with Gasteiger partial charge in [-0.2, -0.15) is 0 Å². The number of esters is 1. The molecule has 1 aliphatic rings. The Morgan fingerprint density at radius 3 is 2.44 bits per heavy atom. The summed E-state index contributed by atoms with van der Waals surface area (Å²) in [6.07, 6.45) is 0.279. The van der Waals surface area contributed by atoms with E-state index in [0.29, 0.717) is 31.1 Å². The van der Waals surface area contributed by atoms with Crippen molar-refractivity contribution in [3.63, 3.8) is 0 Å². The number of benzene rings is 1. The summed E-state index contributed by atoms with van der Waals surface area (Å²) in [5.74, 6) is -0.701. The van der Waals surface area contributed by atoms with E-state index < -0.39 is 17.6 Å². The highest BCUT2D eigenvalue weighted by molar-refractivity contribution is 6.30. The molecule has 1 heterocycles. The normalized spacial score (nSPS) is 20.9. The molecule has 5 nitrogen and oxygen atoms in total. The average molecular weight is 368 g/mol. The lowest BCUT2D eigenvalue weighted by Crippen LogP contribution is -2.47. The van der Waals surface area contributed by atoms with Crippen LogP contribution in [-0.4, -0.2) is 42.3 Å². The maximum Gasteiger partial charge on any atom is 0.410 e. The molecule has 0 unspecified atom stereocenters. The number of nitrogens with zero attached hydrogens (tertiary/aromatic N) is 1. The number of halogens is 1. The Morgan fingerprint density at radius 2 is 1.88 bits per heavy atom. The lowest BCUT2D eigenvalue weighted by molar-refractivity contribution is -0.150. The van der Waals surface area contributed by atoms with Crippen LogP contribution >= 0.6 is 11.6 Å². The zero-order chi connectivity index (χ0) is 18.6. The maximum absolute atomic E-state index is 12.5. The van der Waals surface area contributed by atoms with Gasteiger partial charge in [-0.15, -0.1) is 0 Å². The van der Waals surface area contributed by atoms with Gasteiger partial charge in [0.1, 0.15) is 5.60 Å². The van der Waals surface area contributed by atoms with E-state index in [1.807, 2.05) is 45.0 Å². The predicted octanol–water partition coefficient (Wildman–Crippen LogP) is 4.24. The van der Waals surface area contributed by atoms with Crippen molar-refractivity contribution in [3.05, 3.63) is 34.9 Å². The van der Waals surface area contributed by atoms with Gasteiger partial charge in [0, 0.05) is 24.0 Å². The minimum atomic E-state index is -0.566. The smallest absolute Gasteiger partial charge is 0.410 e. The minimum absolute atomic E-state index is 0.00463. The molecule has 0 saturated carbocycles. The molecule has 1 fully saturated rings. The Balaban J connectivity index is 2.18. The molecule has 0 aliphatic carbocycles. The van der Waals surface area contributed by atoms with Gasteiger partial charge in [-0.1, -0.05) is 23.7 Å². The zero-order valence-electron chi connectivity index (χ0n) is 15.3. The first-order valence-corrected chi connectivity index (χ1v) is 8.99. The molecule has 0 aromatic heterocycles. The number of carbonyl (C=O) groups is 2. The van der Waals surface area contributed by atoms with Crippen LogP contribution < -0.4 is 0 Å². The number of rotatable bonds is 3. The topological polar surface area (TPSA) is 55.8 Å². The van der Waals surface area contributed by atoms with Gasteiger partial charge in [-0.05, 0) is 51.8 Å². The summed E-state index contributed by atoms with van der Waals surface area (Å²) in [4.78, 5) is 26.4. The first kappa shape index (κ1) is 19.6. The van der Waals surface area contributed by atoms with Crippen molar-refractivity contribution < 1.29 is 19.1 Å². The largest absolute Gasteiger partial charge is 0.466 e. The number of ether oxygens (including phenoxy) is 2. The van der Waals surface area contributed by atoms with Crippen molar-refractivity contribution in [3.8, 4) is 0 Å². The van der Waals surface area contributed by atoms with Crippen molar-refractivity contribution in [2.45, 2.75) is 45.6 Å². The highest BCUT2D eigenvalue weighted by Crippen LogP contribution is 2.35. The standard InChI is InChI=1S/C19H26ClNO4/c1-5-24-17(22)16-12-21(18(23)25-19(2,3)4)11-10-15(16)13-6-8-14(20)9-7-13/h6-9,15-16H,5,10-12H2,1-4H3/t15-,16+/m1/s1. The van der Waals surface area contributed by atoms with Gasteiger partial charge in [0.05, 0.1) is 12.5 Å². The lowest BCUT2D eigenvalue weighted by atomic mass is 9.80. The van der Waals surface area contributed by atoms with Crippen molar-refractivity contribution in [2.75, 3.05) is 19.7 Å². The summed E-state index contributed by atoms with van der Waals surface area (Å²) < 4.78 is 10.7. The highest BCUT2D eigenvalue weighted by Gasteiger charge is 2.39. The number of amides is 1. The first-order chi connectivity index (χ1) is 11.7. The second-order valence-corrected chi connectivity index (χ2v) is 7.67. The molecule has 2 atom stereocenters. The van der Waals surface area contributed by atoms with Crippen molar-refractivity contribution in [2.24, 2.45) is 5.92 Å². The number of piperidine rings is 1. The van der Waals surface area contributed by atoms with E-state index in [9.17, 15) is 9.59 Å². The van der Waals surface area contributed by atoms with Crippen molar-refractivity contribution >= 4 is 23.7 Å². The number of hydrogen-bond acceptors (Lipinski definition) is 4. The van der Waals surface area contributed by atoms with E-state index in [1.165, 1.54) is 0 Å². The second kappa shape index (κ2) is 8.09. The molecule has 0 bridgehead atoms. The SMILES string of the molecule is CCOC(=O)[C@H]1CN(C(=O)OC(C)(C)C)CC[C@@H]1c1ccc(Cl)cc1. The Kier molecular flexibility index (Phi) is 6.33. The summed E-state index contributed by atoms with van der Waals surface area (Å²) in [5.41, 5.74) is 0.468. The van der Waals surface area contributed by atoms with E-state index in [-0.39, 0.29) is 11.9 Å². The molecule has 1 saturated heterocycles. The number of likely N-dealkylation sites (tertiary alicyclic amines) is 1. The summed E-state index contributed by atoms with van der Waals surface area (Å²) in [5, 5.41) is 0.655. The monoisotopic (exact) mass is 367 g/mol. The third-order valence-electron chi connectivity index (χ3n) is 4.15. The van der Waals surface area contributed by atoms with Crippen LogP contribution in [0.5, 0.6) is 0 Å². The molecular weight excluding hydrogens is 342 g/mol. The van der Waals surface area contributed by atoms with Crippen molar-refractivity contribution in [1.29, 1.82) is 0 Å². The first-order valence-electron chi connectivity index (χ1n) is 8.61. The molecule has 6 heteroatoms. The summed E-state index contributed by atoms with van der Waals surface area (Å²) in [6, 6.07) is 7.50. The second-order valence-electron chi connectivity index (χ2n) is 7.23. The average Bonchev–Trinajstić information content (AvgIpc) is 2.54. The molecule has 0 radical (unpaired) electrons. The number of hydrogen-bond donors (Lipinski definition) is 0. The summed E-state index contributed by atoms with van der Waals surface area (Å²) in [6.45, 7) is 8.41. The van der Waals surface area contributed by atoms with Crippen LogP contribution in [0.1, 0.15) is 45.6 Å². The molecule has 0 N–H and O–H groups in total. The van der Waals surface area contributed by atoms with Crippen LogP contribution in [0.4, 0.5) is 4.79 Å². The van der Waals surface area contributed by atoms with Gasteiger partial charge in [0.25, 0.3) is 0 Å². The van der Waals surface area contributed by atoms with E-state index in [2.05, 4.69) is 0 Å². The molecule has 1 aliphatic heterocycles. The Morgan fingerprint density at radius 1 is 1.24 bits per heavy atom. The van der Waals surface area contributed by atoms with Gasteiger partial charge in [0.15, 0.2) is 0 Å². The van der Waals surface area contributed by atoms with Gasteiger partial charge < -0.3 is 14.4 Å². The predicted molar refractivity (Wildman–Crippen MR) is 96.7 cm³/mol. The minimum Gasteiger partial charge on any atom is -0.466 e. The third-order valence-corrected chi connectivity index (χ3v) is 4.40. The Labute approximate surface area is 154 Å². The molecule has 1 amide bonds. The quantitative estimate of drug-likeness (QED) is 0.749. The van der Waals surface area contributed by atoms with E-state index >= 15 is 0 Å². The van der Waals surface area contributed by atoms with Gasteiger partial charge in [-0.25, -0.2) is 4.79 Å². The van der Waals surface area contributed by atoms with Gasteiger partial charge in [-0.3, -0.25) is 4.79 Å². The fourth-order valence-electron chi connectivity index (χ4n) is 3.04. The van der Waals surface area contributed by atoms with E-state index in [1.54, 1.807) is 11.8 Å². The van der Waals surface area contributed by atoms with Crippen LogP contribution in [-0.2, 0) is 14.3 Å². The highest BCUT2D eigenvalue weighted by atomic mass is 35.5. The van der Waals surface area contributed by atoms with Gasteiger partial charge in [0.2, 0.25) is 0 Å². The molecule has 1 aromatic rings. The van der Waals surface area contributed by atoms with Crippen LogP contribution in [0.25, 0.3) is 0 Å². The van der Waals surface area contributed by atoms with Crippen LogP contribution in [0.15, 0.2) is 24.3 Å². The van der Waals surface area contributed by atoms with E-state index in [0.717, 1.165) is 5.56 Å².